The number of benzene rings is 2. The van der Waals surface area contributed by atoms with Crippen LogP contribution in [0, 0.1) is 0 Å². The Labute approximate surface area is 208 Å². The lowest BCUT2D eigenvalue weighted by Gasteiger charge is -2.32. The molecule has 5 heteroatoms. The zero-order valence-corrected chi connectivity index (χ0v) is 21.1. The summed E-state index contributed by atoms with van der Waals surface area (Å²) in [5.74, 6) is 1.09. The van der Waals surface area contributed by atoms with Crippen LogP contribution in [0.2, 0.25) is 0 Å². The van der Waals surface area contributed by atoms with Crippen LogP contribution in [0.15, 0.2) is 54.9 Å². The summed E-state index contributed by atoms with van der Waals surface area (Å²) in [7, 11) is 0. The van der Waals surface area contributed by atoms with Crippen molar-refractivity contribution in [1.82, 2.24) is 20.1 Å². The molecule has 2 fully saturated rings. The van der Waals surface area contributed by atoms with Crippen molar-refractivity contribution in [2.24, 2.45) is 0 Å². The SMILES string of the molecule is CC(C)c1c(-c2cn[nH]c2)[nH]c2ccc(C3CCN(Cc4ccc(N5CCCC5)cc4)CC3)cc12. The van der Waals surface area contributed by atoms with Crippen molar-refractivity contribution in [3.63, 3.8) is 0 Å². The highest BCUT2D eigenvalue weighted by atomic mass is 15.1. The highest BCUT2D eigenvalue weighted by Gasteiger charge is 2.23. The number of hydrogen-bond acceptors (Lipinski definition) is 3. The van der Waals surface area contributed by atoms with Gasteiger partial charge >= 0.3 is 0 Å². The van der Waals surface area contributed by atoms with Crippen LogP contribution >= 0.6 is 0 Å². The minimum absolute atomic E-state index is 0.447. The number of piperidine rings is 1. The van der Waals surface area contributed by atoms with E-state index in [0.29, 0.717) is 11.8 Å². The molecule has 2 aliphatic rings. The summed E-state index contributed by atoms with van der Waals surface area (Å²) < 4.78 is 0. The maximum absolute atomic E-state index is 4.17. The van der Waals surface area contributed by atoms with Crippen LogP contribution in [-0.2, 0) is 6.54 Å². The third kappa shape index (κ3) is 4.50. The van der Waals surface area contributed by atoms with Crippen molar-refractivity contribution < 1.29 is 0 Å². The number of H-pyrrole nitrogens is 2. The van der Waals surface area contributed by atoms with Gasteiger partial charge in [-0.1, -0.05) is 32.0 Å². The Balaban J connectivity index is 1.14. The molecule has 2 aromatic carbocycles. The van der Waals surface area contributed by atoms with Gasteiger partial charge < -0.3 is 9.88 Å². The molecule has 2 saturated heterocycles. The molecule has 35 heavy (non-hydrogen) atoms. The van der Waals surface area contributed by atoms with Crippen LogP contribution in [0.3, 0.4) is 0 Å². The summed E-state index contributed by atoms with van der Waals surface area (Å²) in [6.07, 6.45) is 9.01. The van der Waals surface area contributed by atoms with E-state index in [-0.39, 0.29) is 0 Å². The summed E-state index contributed by atoms with van der Waals surface area (Å²) >= 11 is 0. The van der Waals surface area contributed by atoms with Crippen LogP contribution in [-0.4, -0.2) is 46.3 Å². The Morgan fingerprint density at radius 1 is 0.971 bits per heavy atom. The summed E-state index contributed by atoms with van der Waals surface area (Å²) in [6.45, 7) is 10.4. The molecule has 6 rings (SSSR count). The van der Waals surface area contributed by atoms with E-state index in [1.54, 1.807) is 0 Å². The number of rotatable bonds is 6. The van der Waals surface area contributed by atoms with Gasteiger partial charge in [-0.2, -0.15) is 5.10 Å². The molecule has 182 valence electrons. The predicted molar refractivity (Wildman–Crippen MR) is 145 cm³/mol. The van der Waals surface area contributed by atoms with Gasteiger partial charge in [-0.25, -0.2) is 0 Å². The zero-order valence-electron chi connectivity index (χ0n) is 21.1. The smallest absolute Gasteiger partial charge is 0.0580 e. The standard InChI is InChI=1S/C30H37N5/c1-21(2)29-27-17-24(7-10-28(27)33-30(29)25-18-31-32-19-25)23-11-15-34(16-12-23)20-22-5-8-26(9-6-22)35-13-3-4-14-35/h5-10,17-19,21,23,33H,3-4,11-16,20H2,1-2H3,(H,31,32). The topological polar surface area (TPSA) is 51.0 Å². The van der Waals surface area contributed by atoms with Crippen molar-refractivity contribution >= 4 is 16.6 Å². The second-order valence-corrected chi connectivity index (χ2v) is 10.8. The third-order valence-corrected chi connectivity index (χ3v) is 8.10. The molecule has 4 heterocycles. The number of hydrogen-bond donors (Lipinski definition) is 2. The van der Waals surface area contributed by atoms with Gasteiger partial charge in [0.2, 0.25) is 0 Å². The van der Waals surface area contributed by atoms with E-state index in [2.05, 4.69) is 81.3 Å². The van der Waals surface area contributed by atoms with Crippen LogP contribution < -0.4 is 4.90 Å². The highest BCUT2D eigenvalue weighted by Crippen LogP contribution is 2.38. The van der Waals surface area contributed by atoms with Crippen molar-refractivity contribution in [2.45, 2.75) is 57.9 Å². The van der Waals surface area contributed by atoms with Crippen LogP contribution in [0.25, 0.3) is 22.2 Å². The van der Waals surface area contributed by atoms with Gasteiger partial charge in [-0.15, -0.1) is 0 Å². The average Bonchev–Trinajstić information content (AvgIpc) is 3.65. The van der Waals surface area contributed by atoms with E-state index in [0.717, 1.165) is 12.1 Å². The molecule has 4 aromatic rings. The Kier molecular flexibility index (Phi) is 6.11. The fraction of sp³-hybridized carbons (Fsp3) is 0.433. The first-order valence-corrected chi connectivity index (χ1v) is 13.4. The fourth-order valence-electron chi connectivity index (χ4n) is 6.17. The Morgan fingerprint density at radius 2 is 1.74 bits per heavy atom. The quantitative estimate of drug-likeness (QED) is 0.333. The van der Waals surface area contributed by atoms with Gasteiger partial charge in [0, 0.05) is 48.0 Å². The number of anilines is 1. The van der Waals surface area contributed by atoms with E-state index in [4.69, 9.17) is 0 Å². The van der Waals surface area contributed by atoms with Crippen LogP contribution in [0.5, 0.6) is 0 Å². The molecule has 0 radical (unpaired) electrons. The molecule has 2 aliphatic heterocycles. The van der Waals surface area contributed by atoms with Gasteiger partial charge in [0.1, 0.15) is 0 Å². The van der Waals surface area contributed by atoms with Crippen molar-refractivity contribution in [2.75, 3.05) is 31.1 Å². The Hall–Kier alpha value is -3.05. The van der Waals surface area contributed by atoms with Crippen molar-refractivity contribution in [3.8, 4) is 11.3 Å². The second-order valence-electron chi connectivity index (χ2n) is 10.8. The van der Waals surface area contributed by atoms with E-state index < -0.39 is 0 Å². The summed E-state index contributed by atoms with van der Waals surface area (Å²) in [4.78, 5) is 8.81. The molecule has 0 bridgehead atoms. The van der Waals surface area contributed by atoms with Crippen molar-refractivity contribution in [3.05, 3.63) is 71.5 Å². The molecular formula is C30H37N5. The first kappa shape index (κ1) is 22.4. The lowest BCUT2D eigenvalue weighted by atomic mass is 9.87. The van der Waals surface area contributed by atoms with E-state index in [9.17, 15) is 0 Å². The number of nitrogens with one attached hydrogen (secondary N) is 2. The highest BCUT2D eigenvalue weighted by molar-refractivity contribution is 5.91. The van der Waals surface area contributed by atoms with E-state index in [1.807, 2.05) is 12.4 Å². The lowest BCUT2D eigenvalue weighted by molar-refractivity contribution is 0.204. The maximum atomic E-state index is 4.17. The number of fused-ring (bicyclic) bond motifs is 1. The van der Waals surface area contributed by atoms with Crippen molar-refractivity contribution in [1.29, 1.82) is 0 Å². The normalized spacial score (nSPS) is 17.7. The largest absolute Gasteiger partial charge is 0.372 e. The minimum atomic E-state index is 0.447. The Bertz CT molecular complexity index is 1250. The summed E-state index contributed by atoms with van der Waals surface area (Å²) in [5.41, 5.74) is 9.28. The number of aromatic amines is 2. The second kappa shape index (κ2) is 9.54. The molecule has 0 spiro atoms. The first-order chi connectivity index (χ1) is 17.2. The monoisotopic (exact) mass is 467 g/mol. The molecule has 0 unspecified atom stereocenters. The molecule has 0 aliphatic carbocycles. The third-order valence-electron chi connectivity index (χ3n) is 8.10. The van der Waals surface area contributed by atoms with Crippen LogP contribution in [0.4, 0.5) is 5.69 Å². The first-order valence-electron chi connectivity index (χ1n) is 13.4. The lowest BCUT2D eigenvalue weighted by Crippen LogP contribution is -2.32. The van der Waals surface area contributed by atoms with Gasteiger partial charge in [0.15, 0.2) is 0 Å². The number of aromatic nitrogens is 3. The van der Waals surface area contributed by atoms with Crippen LogP contribution in [0.1, 0.15) is 68.1 Å². The molecule has 0 amide bonds. The minimum Gasteiger partial charge on any atom is -0.372 e. The van der Waals surface area contributed by atoms with Gasteiger partial charge in [-0.3, -0.25) is 10.00 Å². The van der Waals surface area contributed by atoms with E-state index in [1.165, 1.54) is 90.8 Å². The Morgan fingerprint density at radius 3 is 2.43 bits per heavy atom. The molecular weight excluding hydrogens is 430 g/mol. The molecule has 5 nitrogen and oxygen atoms in total. The zero-order chi connectivity index (χ0) is 23.8. The summed E-state index contributed by atoms with van der Waals surface area (Å²) in [6, 6.07) is 16.4. The van der Waals surface area contributed by atoms with Gasteiger partial charge in [-0.05, 0) is 91.6 Å². The molecule has 0 atom stereocenters. The van der Waals surface area contributed by atoms with Gasteiger partial charge in [0.25, 0.3) is 0 Å². The average molecular weight is 468 g/mol. The maximum Gasteiger partial charge on any atom is 0.0580 e. The van der Waals surface area contributed by atoms with Gasteiger partial charge in [0.05, 0.1) is 11.9 Å². The molecule has 2 aromatic heterocycles. The molecule has 2 N–H and O–H groups in total. The summed E-state index contributed by atoms with van der Waals surface area (Å²) in [5, 5.41) is 8.50. The predicted octanol–water partition coefficient (Wildman–Crippen LogP) is 6.66. The van der Waals surface area contributed by atoms with E-state index >= 15 is 0 Å². The number of nitrogens with zero attached hydrogens (tertiary/aromatic N) is 3. The molecule has 0 saturated carbocycles. The fourth-order valence-corrected chi connectivity index (χ4v) is 6.17. The number of likely N-dealkylation sites (tertiary alicyclic amines) is 1.